The highest BCUT2D eigenvalue weighted by Gasteiger charge is 2.63. The van der Waals surface area contributed by atoms with Crippen molar-refractivity contribution in [3.63, 3.8) is 0 Å². The van der Waals surface area contributed by atoms with Crippen molar-refractivity contribution < 1.29 is 0 Å². The first-order chi connectivity index (χ1) is 7.40. The maximum atomic E-state index is 5.91. The van der Waals surface area contributed by atoms with Gasteiger partial charge in [-0.3, -0.25) is 0 Å². The summed E-state index contributed by atoms with van der Waals surface area (Å²) in [5.41, 5.74) is 8.72. The highest BCUT2D eigenvalue weighted by Crippen LogP contribution is 2.69. The summed E-state index contributed by atoms with van der Waals surface area (Å²) in [6, 6.07) is 0. The van der Waals surface area contributed by atoms with Crippen LogP contribution < -0.4 is 5.73 Å². The molecule has 0 amide bonds. The Kier molecular flexibility index (Phi) is 1.98. The number of fused-ring (bicyclic) bond motifs is 1. The minimum absolute atomic E-state index is 0.471. The number of hydrogen-bond acceptors (Lipinski definition) is 1. The largest absolute Gasteiger partial charge is 0.330 e. The van der Waals surface area contributed by atoms with Gasteiger partial charge in [0, 0.05) is 0 Å². The molecule has 90 valence electrons. The van der Waals surface area contributed by atoms with Gasteiger partial charge in [0.2, 0.25) is 0 Å². The van der Waals surface area contributed by atoms with E-state index in [1.807, 2.05) is 0 Å². The van der Waals surface area contributed by atoms with Crippen LogP contribution in [0.15, 0.2) is 11.6 Å². The van der Waals surface area contributed by atoms with E-state index in [2.05, 4.69) is 33.8 Å². The second-order valence-corrected chi connectivity index (χ2v) is 7.39. The normalized spacial score (nSPS) is 46.9. The van der Waals surface area contributed by atoms with E-state index in [1.54, 1.807) is 5.57 Å². The van der Waals surface area contributed by atoms with E-state index in [9.17, 15) is 0 Å². The maximum Gasteiger partial charge on any atom is -0.00376 e. The lowest BCUT2D eigenvalue weighted by atomic mass is 9.48. The first kappa shape index (κ1) is 10.8. The lowest BCUT2D eigenvalue weighted by molar-refractivity contribution is -0.0107. The van der Waals surface area contributed by atoms with Crippen LogP contribution in [0.2, 0.25) is 0 Å². The summed E-state index contributed by atoms with van der Waals surface area (Å²) >= 11 is 0. The number of allylic oxidation sites excluding steroid dienone is 2. The van der Waals surface area contributed by atoms with Crippen molar-refractivity contribution in [2.75, 3.05) is 6.54 Å². The molecule has 0 aromatic heterocycles. The molecule has 0 aromatic rings. The van der Waals surface area contributed by atoms with Gasteiger partial charge in [0.1, 0.15) is 0 Å². The summed E-state index contributed by atoms with van der Waals surface area (Å²) in [6.45, 7) is 10.6. The molecular formula is C15H25N. The van der Waals surface area contributed by atoms with E-state index in [4.69, 9.17) is 5.73 Å². The number of rotatable bonds is 2. The Hall–Kier alpha value is -0.300. The topological polar surface area (TPSA) is 26.0 Å². The van der Waals surface area contributed by atoms with Crippen LogP contribution >= 0.6 is 0 Å². The van der Waals surface area contributed by atoms with Crippen molar-refractivity contribution in [1.82, 2.24) is 0 Å². The molecule has 0 aliphatic heterocycles. The predicted molar refractivity (Wildman–Crippen MR) is 67.9 cm³/mol. The van der Waals surface area contributed by atoms with E-state index in [0.29, 0.717) is 10.8 Å². The minimum atomic E-state index is 0.471. The van der Waals surface area contributed by atoms with Gasteiger partial charge >= 0.3 is 0 Å². The predicted octanol–water partition coefficient (Wildman–Crippen LogP) is 3.21. The molecule has 2 bridgehead atoms. The summed E-state index contributed by atoms with van der Waals surface area (Å²) in [7, 11) is 0. The highest BCUT2D eigenvalue weighted by atomic mass is 14.7. The van der Waals surface area contributed by atoms with E-state index in [-0.39, 0.29) is 0 Å². The Labute approximate surface area is 99.5 Å². The second-order valence-electron chi connectivity index (χ2n) is 7.39. The van der Waals surface area contributed by atoms with Crippen LogP contribution in [0.25, 0.3) is 0 Å². The van der Waals surface area contributed by atoms with Crippen molar-refractivity contribution in [3.05, 3.63) is 11.6 Å². The summed E-state index contributed by atoms with van der Waals surface area (Å²) in [5, 5.41) is 0. The zero-order chi connectivity index (χ0) is 11.7. The molecule has 0 heterocycles. The summed E-state index contributed by atoms with van der Waals surface area (Å²) < 4.78 is 0. The van der Waals surface area contributed by atoms with Crippen LogP contribution in [0.3, 0.4) is 0 Å². The summed E-state index contributed by atoms with van der Waals surface area (Å²) in [6.07, 6.45) is 5.33. The quantitative estimate of drug-likeness (QED) is 0.709. The molecule has 0 spiro atoms. The minimum Gasteiger partial charge on any atom is -0.330 e. The zero-order valence-corrected chi connectivity index (χ0v) is 11.1. The maximum absolute atomic E-state index is 5.91. The number of hydrogen-bond donors (Lipinski definition) is 1. The SMILES string of the molecule is CC1(C)C2CC=C([C@H]3[C@H](CN)C3(C)C)C1C2. The van der Waals surface area contributed by atoms with Gasteiger partial charge in [-0.05, 0) is 53.9 Å². The molecule has 2 unspecified atom stereocenters. The van der Waals surface area contributed by atoms with Gasteiger partial charge in [0.05, 0.1) is 0 Å². The molecule has 1 nitrogen and oxygen atoms in total. The standard InChI is InChI=1S/C15H25N/c1-14(2)9-5-6-10(11(14)7-9)13-12(8-16)15(13,3)4/h6,9,11-13H,5,7-8,16H2,1-4H3/t9?,11?,12-,13-/m0/s1. The molecule has 0 aromatic carbocycles. The Morgan fingerprint density at radius 3 is 2.38 bits per heavy atom. The third kappa shape index (κ3) is 1.11. The van der Waals surface area contributed by atoms with Crippen molar-refractivity contribution in [2.45, 2.75) is 40.5 Å². The number of nitrogens with two attached hydrogens (primary N) is 1. The van der Waals surface area contributed by atoms with E-state index >= 15 is 0 Å². The Bertz CT molecular complexity index is 350. The third-order valence-electron chi connectivity index (χ3n) is 6.17. The smallest absolute Gasteiger partial charge is 0.00376 e. The molecule has 2 N–H and O–H groups in total. The lowest BCUT2D eigenvalue weighted by Gasteiger charge is -2.57. The van der Waals surface area contributed by atoms with Crippen LogP contribution in [0.5, 0.6) is 0 Å². The Balaban J connectivity index is 1.85. The fourth-order valence-corrected chi connectivity index (χ4v) is 4.59. The fourth-order valence-electron chi connectivity index (χ4n) is 4.59. The van der Waals surface area contributed by atoms with Crippen LogP contribution in [0.4, 0.5) is 0 Å². The summed E-state index contributed by atoms with van der Waals surface area (Å²) in [4.78, 5) is 0. The average Bonchev–Trinajstić information content (AvgIpc) is 2.80. The highest BCUT2D eigenvalue weighted by molar-refractivity contribution is 5.33. The van der Waals surface area contributed by atoms with Gasteiger partial charge in [0.15, 0.2) is 0 Å². The molecular weight excluding hydrogens is 194 g/mol. The Morgan fingerprint density at radius 1 is 1.25 bits per heavy atom. The van der Waals surface area contributed by atoms with Crippen LogP contribution in [0.1, 0.15) is 40.5 Å². The van der Waals surface area contributed by atoms with Crippen molar-refractivity contribution in [1.29, 1.82) is 0 Å². The van der Waals surface area contributed by atoms with Crippen LogP contribution in [0, 0.1) is 34.5 Å². The van der Waals surface area contributed by atoms with Gasteiger partial charge in [-0.25, -0.2) is 0 Å². The second kappa shape index (κ2) is 2.93. The Morgan fingerprint density at radius 2 is 1.94 bits per heavy atom. The van der Waals surface area contributed by atoms with Gasteiger partial charge in [-0.1, -0.05) is 39.3 Å². The molecule has 2 saturated carbocycles. The molecule has 0 saturated heterocycles. The first-order valence-corrected chi connectivity index (χ1v) is 6.80. The van der Waals surface area contributed by atoms with E-state index in [1.165, 1.54) is 12.8 Å². The van der Waals surface area contributed by atoms with Gasteiger partial charge in [-0.2, -0.15) is 0 Å². The van der Waals surface area contributed by atoms with Crippen molar-refractivity contribution in [3.8, 4) is 0 Å². The van der Waals surface area contributed by atoms with Gasteiger partial charge in [-0.15, -0.1) is 0 Å². The van der Waals surface area contributed by atoms with Gasteiger partial charge in [0.25, 0.3) is 0 Å². The summed E-state index contributed by atoms with van der Waals surface area (Å²) in [5.74, 6) is 3.36. The molecule has 4 atom stereocenters. The molecule has 2 fully saturated rings. The first-order valence-electron chi connectivity index (χ1n) is 6.80. The molecule has 4 aliphatic rings. The van der Waals surface area contributed by atoms with Crippen LogP contribution in [-0.4, -0.2) is 6.54 Å². The monoisotopic (exact) mass is 219 g/mol. The molecule has 1 heteroatoms. The van der Waals surface area contributed by atoms with E-state index < -0.39 is 0 Å². The third-order valence-corrected chi connectivity index (χ3v) is 6.17. The molecule has 4 aliphatic carbocycles. The molecule has 4 rings (SSSR count). The zero-order valence-electron chi connectivity index (χ0n) is 11.1. The van der Waals surface area contributed by atoms with Crippen molar-refractivity contribution in [2.24, 2.45) is 40.2 Å². The van der Waals surface area contributed by atoms with Crippen molar-refractivity contribution >= 4 is 0 Å². The molecule has 0 radical (unpaired) electrons. The van der Waals surface area contributed by atoms with Crippen LogP contribution in [-0.2, 0) is 0 Å². The average molecular weight is 219 g/mol. The van der Waals surface area contributed by atoms with E-state index in [0.717, 1.165) is 30.2 Å². The lowest BCUT2D eigenvalue weighted by Crippen LogP contribution is -2.48. The fraction of sp³-hybridized carbons (Fsp3) is 0.867. The molecule has 16 heavy (non-hydrogen) atoms. The van der Waals surface area contributed by atoms with Gasteiger partial charge < -0.3 is 5.73 Å².